The second-order valence-corrected chi connectivity index (χ2v) is 6.62. The molecule has 2 aromatic carbocycles. The molecule has 0 aliphatic carbocycles. The first kappa shape index (κ1) is 21.7. The summed E-state index contributed by atoms with van der Waals surface area (Å²) in [5.41, 5.74) is 3.33. The van der Waals surface area contributed by atoms with E-state index in [4.69, 9.17) is 19.4 Å². The van der Waals surface area contributed by atoms with Gasteiger partial charge in [0, 0.05) is 10.5 Å². The van der Waals surface area contributed by atoms with Crippen molar-refractivity contribution in [2.24, 2.45) is 5.16 Å². The molecule has 158 valence electrons. The van der Waals surface area contributed by atoms with E-state index in [0.717, 1.165) is 16.7 Å². The van der Waals surface area contributed by atoms with E-state index in [1.807, 2.05) is 54.6 Å². The van der Waals surface area contributed by atoms with Crippen molar-refractivity contribution in [3.63, 3.8) is 0 Å². The number of aliphatic carboxylic acids is 1. The number of nitrogens with zero attached hydrogens (tertiary/aromatic N) is 2. The van der Waals surface area contributed by atoms with Crippen molar-refractivity contribution in [1.29, 1.82) is 0 Å². The van der Waals surface area contributed by atoms with Gasteiger partial charge in [0.2, 0.25) is 0 Å². The topological polar surface area (TPSA) is 91.4 Å². The number of oxime groups is 1. The van der Waals surface area contributed by atoms with E-state index in [-0.39, 0.29) is 13.0 Å². The molecular weight excluding hydrogens is 396 g/mol. The van der Waals surface area contributed by atoms with Crippen LogP contribution in [-0.4, -0.2) is 30.5 Å². The second kappa shape index (κ2) is 11.2. The molecule has 31 heavy (non-hydrogen) atoms. The zero-order valence-electron chi connectivity index (χ0n) is 17.2. The van der Waals surface area contributed by atoms with Crippen LogP contribution in [0, 0.1) is 6.20 Å². The highest BCUT2D eigenvalue weighted by molar-refractivity contribution is 6.01. The van der Waals surface area contributed by atoms with Gasteiger partial charge in [-0.3, -0.25) is 4.79 Å². The molecule has 7 nitrogen and oxygen atoms in total. The lowest BCUT2D eigenvalue weighted by molar-refractivity contribution is -0.317. The van der Waals surface area contributed by atoms with Crippen LogP contribution in [0.15, 0.2) is 71.9 Å². The summed E-state index contributed by atoms with van der Waals surface area (Å²) in [4.78, 5) is 19.6. The first-order valence-corrected chi connectivity index (χ1v) is 9.73. The molecule has 1 N–H and O–H groups in total. The van der Waals surface area contributed by atoms with Crippen LogP contribution in [0.5, 0.6) is 11.6 Å². The number of hydrogen-bond donors (Lipinski definition) is 1. The summed E-state index contributed by atoms with van der Waals surface area (Å²) in [5.74, 6) is 0.295. The fourth-order valence-electron chi connectivity index (χ4n) is 2.73. The molecule has 0 aliphatic rings. The van der Waals surface area contributed by atoms with Crippen LogP contribution in [-0.2, 0) is 22.7 Å². The Balaban J connectivity index is 1.50. The van der Waals surface area contributed by atoms with Crippen molar-refractivity contribution in [3.8, 4) is 11.6 Å². The van der Waals surface area contributed by atoms with Gasteiger partial charge in [0.25, 0.3) is 0 Å². The van der Waals surface area contributed by atoms with Gasteiger partial charge in [-0.1, -0.05) is 47.6 Å². The lowest BCUT2D eigenvalue weighted by Gasteiger charge is -2.09. The molecule has 0 amide bonds. The molecule has 1 aromatic heterocycles. The first-order valence-electron chi connectivity index (χ1n) is 9.73. The van der Waals surface area contributed by atoms with Gasteiger partial charge < -0.3 is 19.4 Å². The fourth-order valence-corrected chi connectivity index (χ4v) is 2.73. The number of rotatable bonds is 11. The number of benzene rings is 2. The molecule has 0 atom stereocenters. The average molecular weight is 419 g/mol. The van der Waals surface area contributed by atoms with Crippen LogP contribution in [0.4, 0.5) is 0 Å². The maximum atomic E-state index is 10.6. The van der Waals surface area contributed by atoms with Gasteiger partial charge in [0.15, 0.2) is 0 Å². The molecule has 3 aromatic rings. The maximum absolute atomic E-state index is 10.6. The predicted octanol–water partition coefficient (Wildman–Crippen LogP) is 3.11. The van der Waals surface area contributed by atoms with Gasteiger partial charge in [-0.05, 0) is 30.2 Å². The quantitative estimate of drug-likeness (QED) is 0.379. The average Bonchev–Trinajstić information content (AvgIpc) is 2.81. The van der Waals surface area contributed by atoms with Crippen molar-refractivity contribution in [2.75, 3.05) is 13.7 Å². The molecule has 0 saturated heterocycles. The molecule has 0 unspecified atom stereocenters. The monoisotopic (exact) mass is 419 g/mol. The molecule has 3 rings (SSSR count). The van der Waals surface area contributed by atoms with Crippen molar-refractivity contribution in [1.82, 2.24) is 0 Å². The van der Waals surface area contributed by atoms with Gasteiger partial charge in [0.05, 0.1) is 18.1 Å². The Labute approximate surface area is 180 Å². The highest BCUT2D eigenvalue weighted by Crippen LogP contribution is 2.15. The molecular formula is C24H23N2O5+. The molecule has 0 fully saturated rings. The number of aryl methyl sites for hydroxylation is 1. The van der Waals surface area contributed by atoms with Crippen LogP contribution in [0.1, 0.15) is 23.1 Å². The van der Waals surface area contributed by atoms with Gasteiger partial charge >= 0.3 is 18.0 Å². The summed E-state index contributed by atoms with van der Waals surface area (Å²) in [7, 11) is 1.51. The minimum atomic E-state index is -0.844. The van der Waals surface area contributed by atoms with Crippen LogP contribution >= 0.6 is 0 Å². The Kier molecular flexibility index (Phi) is 7.83. The smallest absolute Gasteiger partial charge is 0.487 e. The summed E-state index contributed by atoms with van der Waals surface area (Å²) < 4.78 is 11.5. The van der Waals surface area contributed by atoms with E-state index in [1.54, 1.807) is 12.1 Å². The van der Waals surface area contributed by atoms with Crippen LogP contribution < -0.4 is 14.5 Å². The predicted molar refractivity (Wildman–Crippen MR) is 113 cm³/mol. The number of carbonyl (C=O) groups is 1. The Morgan fingerprint density at radius 2 is 1.81 bits per heavy atom. The highest BCUT2D eigenvalue weighted by Gasteiger charge is 2.09. The number of aromatic nitrogens is 1. The summed E-state index contributed by atoms with van der Waals surface area (Å²) in [5, 5.41) is 12.8. The van der Waals surface area contributed by atoms with Crippen LogP contribution in [0.2, 0.25) is 0 Å². The molecule has 7 heteroatoms. The minimum absolute atomic E-state index is 0.0525. The number of carboxylic acids is 1. The Morgan fingerprint density at radius 1 is 1.03 bits per heavy atom. The third-order valence-electron chi connectivity index (χ3n) is 4.34. The highest BCUT2D eigenvalue weighted by atomic mass is 16.6. The molecule has 0 spiro atoms. The van der Waals surface area contributed by atoms with Crippen molar-refractivity contribution in [2.45, 2.75) is 19.4 Å². The Hall–Kier alpha value is -4.05. The molecule has 0 aliphatic heterocycles. The molecule has 0 saturated carbocycles. The van der Waals surface area contributed by atoms with Crippen LogP contribution in [0.25, 0.3) is 0 Å². The SMILES string of the molecule is CON=C(COc1ccc(COc2ccc(CCC(=O)O)c#[n+]2)cc1)c1ccccc1. The van der Waals surface area contributed by atoms with Crippen LogP contribution in [0.3, 0.4) is 0 Å². The largest absolute Gasteiger partial charge is 0.501 e. The summed E-state index contributed by atoms with van der Waals surface area (Å²) in [6.07, 6.45) is 3.26. The van der Waals surface area contributed by atoms with E-state index in [2.05, 4.69) is 16.3 Å². The van der Waals surface area contributed by atoms with Gasteiger partial charge in [-0.25, -0.2) is 0 Å². The number of carboxylic acid groups (broad SMARTS) is 1. The first-order chi connectivity index (χ1) is 15.1. The van der Waals surface area contributed by atoms with Gasteiger partial charge in [0.1, 0.15) is 31.8 Å². The maximum Gasteiger partial charge on any atom is 0.501 e. The van der Waals surface area contributed by atoms with Gasteiger partial charge in [-0.15, -0.1) is 0 Å². The Bertz CT molecular complexity index is 987. The third-order valence-corrected chi connectivity index (χ3v) is 4.34. The van der Waals surface area contributed by atoms with E-state index in [1.165, 1.54) is 7.11 Å². The van der Waals surface area contributed by atoms with Crippen molar-refractivity contribution < 1.29 is 29.2 Å². The minimum Gasteiger partial charge on any atom is -0.487 e. The molecule has 1 heterocycles. The van der Waals surface area contributed by atoms with E-state index in [9.17, 15) is 4.79 Å². The summed E-state index contributed by atoms with van der Waals surface area (Å²) >= 11 is 0. The van der Waals surface area contributed by atoms with E-state index < -0.39 is 5.97 Å². The summed E-state index contributed by atoms with van der Waals surface area (Å²) in [6, 6.07) is 20.8. The standard InChI is InChI=1S/C24H22N2O5/c1-29-26-22(20-5-3-2-4-6-20)17-30-21-11-7-19(8-12-21)16-31-23-13-9-18(15-25-23)10-14-24(27)28/h2-9,11-13H,10,14,16-17H2,1H3/p+1. The fraction of sp³-hybridized carbons (Fsp3) is 0.208. The van der Waals surface area contributed by atoms with E-state index in [0.29, 0.717) is 30.4 Å². The van der Waals surface area contributed by atoms with E-state index >= 15 is 0 Å². The number of hydrogen-bond acceptors (Lipinski definition) is 5. The van der Waals surface area contributed by atoms with Crippen molar-refractivity contribution in [3.05, 3.63) is 89.6 Å². The lowest BCUT2D eigenvalue weighted by atomic mass is 10.1. The lowest BCUT2D eigenvalue weighted by Crippen LogP contribution is -2.13. The van der Waals surface area contributed by atoms with Gasteiger partial charge in [-0.2, -0.15) is 0 Å². The summed E-state index contributed by atoms with van der Waals surface area (Å²) in [6.45, 7) is 0.623. The second-order valence-electron chi connectivity index (χ2n) is 6.62. The third kappa shape index (κ3) is 7.05. The molecule has 0 bridgehead atoms. The zero-order chi connectivity index (χ0) is 21.9. The zero-order valence-corrected chi connectivity index (χ0v) is 17.2. The van der Waals surface area contributed by atoms with Crippen molar-refractivity contribution >= 4 is 11.7 Å². The normalized spacial score (nSPS) is 10.8. The molecule has 0 radical (unpaired) electrons. The Morgan fingerprint density at radius 3 is 2.45 bits per heavy atom. The number of ether oxygens (including phenoxy) is 2.